The molecule has 0 aliphatic rings. The molecule has 0 amide bonds. The molecule has 0 saturated heterocycles. The molecule has 0 unspecified atom stereocenters. The Labute approximate surface area is 233 Å². The summed E-state index contributed by atoms with van der Waals surface area (Å²) in [5.41, 5.74) is 0. The maximum absolute atomic E-state index is 12.0. The second-order valence-corrected chi connectivity index (χ2v) is 9.50. The van der Waals surface area contributed by atoms with Crippen LogP contribution in [0.4, 0.5) is 0 Å². The number of hydrogen-bond donors (Lipinski definition) is 0. The molecule has 0 atom stereocenters. The zero-order valence-electron chi connectivity index (χ0n) is 21.9. The van der Waals surface area contributed by atoms with E-state index < -0.39 is 11.9 Å². The Morgan fingerprint density at radius 1 is 0.590 bits per heavy atom. The number of ether oxygens (including phenoxy) is 4. The molecule has 0 aliphatic carbocycles. The molecule has 2 rings (SSSR count). The van der Waals surface area contributed by atoms with Crippen LogP contribution in [0.2, 0.25) is 0 Å². The second kappa shape index (κ2) is 18.4. The summed E-state index contributed by atoms with van der Waals surface area (Å²) >= 11 is 1.53. The normalized spacial score (nSPS) is 10.3. The highest BCUT2D eigenvalue weighted by Gasteiger charge is 2.08. The first-order valence-corrected chi connectivity index (χ1v) is 13.6. The van der Waals surface area contributed by atoms with E-state index in [9.17, 15) is 19.2 Å². The standard InChI is InChI=1S/C30H34O8S/c1-3-27(31)35-21-9-5-7-11-29(33)37-23-13-17-25(18-14-23)39-26-19-15-24(16-20-26)38-30(34)12-8-6-10-22-36-28(32)4-2/h3-4,13-20H,1-2,5-12,21-22H2. The smallest absolute Gasteiger partial charge is 0.330 e. The lowest BCUT2D eigenvalue weighted by Crippen LogP contribution is -2.08. The van der Waals surface area contributed by atoms with Gasteiger partial charge in [-0.15, -0.1) is 0 Å². The molecule has 0 radical (unpaired) electrons. The summed E-state index contributed by atoms with van der Waals surface area (Å²) in [6.45, 7) is 7.29. The predicted molar refractivity (Wildman–Crippen MR) is 148 cm³/mol. The third-order valence-corrected chi connectivity index (χ3v) is 6.23. The van der Waals surface area contributed by atoms with Gasteiger partial charge in [-0.05, 0) is 87.1 Å². The number of carbonyl (C=O) groups excluding carboxylic acids is 4. The SMILES string of the molecule is C=CC(=O)OCCCCCC(=O)Oc1ccc(Sc2ccc(OC(=O)CCCCCOC(=O)C=C)cc2)cc1. The molecular weight excluding hydrogens is 520 g/mol. The fraction of sp³-hybridized carbons (Fsp3) is 0.333. The third-order valence-electron chi connectivity index (χ3n) is 5.22. The van der Waals surface area contributed by atoms with Crippen molar-refractivity contribution in [3.8, 4) is 11.5 Å². The minimum Gasteiger partial charge on any atom is -0.463 e. The first-order chi connectivity index (χ1) is 18.9. The minimum absolute atomic E-state index is 0.288. The van der Waals surface area contributed by atoms with Gasteiger partial charge < -0.3 is 18.9 Å². The Balaban J connectivity index is 1.64. The molecule has 2 aromatic rings. The average molecular weight is 555 g/mol. The van der Waals surface area contributed by atoms with Crippen molar-refractivity contribution < 1.29 is 38.1 Å². The van der Waals surface area contributed by atoms with Crippen LogP contribution in [-0.4, -0.2) is 37.1 Å². The molecule has 8 nitrogen and oxygen atoms in total. The Morgan fingerprint density at radius 3 is 1.33 bits per heavy atom. The summed E-state index contributed by atoms with van der Waals surface area (Å²) < 4.78 is 20.5. The van der Waals surface area contributed by atoms with Gasteiger partial charge in [-0.3, -0.25) is 9.59 Å². The van der Waals surface area contributed by atoms with E-state index in [4.69, 9.17) is 18.9 Å². The molecule has 0 bridgehead atoms. The van der Waals surface area contributed by atoms with Crippen LogP contribution in [-0.2, 0) is 28.7 Å². The Morgan fingerprint density at radius 2 is 0.974 bits per heavy atom. The lowest BCUT2D eigenvalue weighted by molar-refractivity contribution is -0.138. The van der Waals surface area contributed by atoms with Crippen LogP contribution >= 0.6 is 11.8 Å². The van der Waals surface area contributed by atoms with Crippen LogP contribution < -0.4 is 9.47 Å². The summed E-state index contributed by atoms with van der Waals surface area (Å²) in [6, 6.07) is 14.5. The summed E-state index contributed by atoms with van der Waals surface area (Å²) in [6.07, 6.45) is 6.99. The van der Waals surface area contributed by atoms with Crippen LogP contribution in [0.5, 0.6) is 11.5 Å². The van der Waals surface area contributed by atoms with Gasteiger partial charge in [-0.2, -0.15) is 0 Å². The molecule has 0 heterocycles. The zero-order chi connectivity index (χ0) is 28.3. The lowest BCUT2D eigenvalue weighted by atomic mass is 10.2. The van der Waals surface area contributed by atoms with Crippen molar-refractivity contribution in [2.24, 2.45) is 0 Å². The molecule has 0 saturated carbocycles. The van der Waals surface area contributed by atoms with Crippen molar-refractivity contribution in [1.29, 1.82) is 0 Å². The first-order valence-electron chi connectivity index (χ1n) is 12.8. The van der Waals surface area contributed by atoms with E-state index in [-0.39, 0.29) is 24.8 Å². The quantitative estimate of drug-likeness (QED) is 0.0918. The van der Waals surface area contributed by atoms with Crippen LogP contribution in [0, 0.1) is 0 Å². The number of rotatable bonds is 18. The summed E-state index contributed by atoms with van der Waals surface area (Å²) in [5, 5.41) is 0. The highest BCUT2D eigenvalue weighted by atomic mass is 32.2. The van der Waals surface area contributed by atoms with Crippen LogP contribution in [0.3, 0.4) is 0 Å². The van der Waals surface area contributed by atoms with Gasteiger partial charge in [-0.1, -0.05) is 24.9 Å². The van der Waals surface area contributed by atoms with E-state index in [0.717, 1.165) is 34.8 Å². The predicted octanol–water partition coefficient (Wildman–Crippen LogP) is 6.23. The molecule has 0 fully saturated rings. The fourth-order valence-corrected chi connectivity index (χ4v) is 4.03. The zero-order valence-corrected chi connectivity index (χ0v) is 22.7. The maximum Gasteiger partial charge on any atom is 0.330 e. The molecular formula is C30H34O8S. The van der Waals surface area contributed by atoms with Gasteiger partial charge in [-0.25, -0.2) is 9.59 Å². The molecule has 0 aromatic heterocycles. The highest BCUT2D eigenvalue weighted by Crippen LogP contribution is 2.30. The second-order valence-electron chi connectivity index (χ2n) is 8.36. The minimum atomic E-state index is -0.444. The van der Waals surface area contributed by atoms with Crippen molar-refractivity contribution in [3.63, 3.8) is 0 Å². The van der Waals surface area contributed by atoms with Gasteiger partial charge in [0.05, 0.1) is 13.2 Å². The van der Waals surface area contributed by atoms with E-state index >= 15 is 0 Å². The van der Waals surface area contributed by atoms with E-state index in [2.05, 4.69) is 13.2 Å². The Hall–Kier alpha value is -3.85. The highest BCUT2D eigenvalue weighted by molar-refractivity contribution is 7.99. The summed E-state index contributed by atoms with van der Waals surface area (Å²) in [5.74, 6) is -0.552. The molecule has 2 aromatic carbocycles. The largest absolute Gasteiger partial charge is 0.463 e. The molecule has 0 N–H and O–H groups in total. The van der Waals surface area contributed by atoms with Crippen LogP contribution in [0.15, 0.2) is 83.6 Å². The monoisotopic (exact) mass is 554 g/mol. The van der Waals surface area contributed by atoms with Crippen LogP contribution in [0.1, 0.15) is 51.4 Å². The molecule has 0 aliphatic heterocycles. The van der Waals surface area contributed by atoms with Gasteiger partial charge >= 0.3 is 23.9 Å². The average Bonchev–Trinajstić information content (AvgIpc) is 2.94. The van der Waals surface area contributed by atoms with Gasteiger partial charge in [0.1, 0.15) is 11.5 Å². The number of benzene rings is 2. The molecule has 208 valence electrons. The number of unbranched alkanes of at least 4 members (excludes halogenated alkanes) is 4. The van der Waals surface area contributed by atoms with E-state index in [1.165, 1.54) is 11.8 Å². The van der Waals surface area contributed by atoms with Crippen molar-refractivity contribution in [3.05, 3.63) is 73.8 Å². The van der Waals surface area contributed by atoms with Gasteiger partial charge in [0.2, 0.25) is 0 Å². The number of hydrogen-bond acceptors (Lipinski definition) is 9. The first kappa shape index (κ1) is 31.4. The summed E-state index contributed by atoms with van der Waals surface area (Å²) in [7, 11) is 0. The van der Waals surface area contributed by atoms with Crippen LogP contribution in [0.25, 0.3) is 0 Å². The number of esters is 4. The topological polar surface area (TPSA) is 105 Å². The molecule has 0 spiro atoms. The number of carbonyl (C=O) groups is 4. The Kier molecular flexibility index (Phi) is 14.8. The van der Waals surface area contributed by atoms with Crippen molar-refractivity contribution >= 4 is 35.6 Å². The Bertz CT molecular complexity index is 1010. The van der Waals surface area contributed by atoms with E-state index in [1.807, 2.05) is 24.3 Å². The summed E-state index contributed by atoms with van der Waals surface area (Å²) in [4.78, 5) is 47.9. The van der Waals surface area contributed by atoms with Crippen molar-refractivity contribution in [2.45, 2.75) is 61.2 Å². The van der Waals surface area contributed by atoms with Gasteiger partial charge in [0.15, 0.2) is 0 Å². The lowest BCUT2D eigenvalue weighted by Gasteiger charge is -2.07. The van der Waals surface area contributed by atoms with Crippen molar-refractivity contribution in [2.75, 3.05) is 13.2 Å². The van der Waals surface area contributed by atoms with E-state index in [1.54, 1.807) is 24.3 Å². The fourth-order valence-electron chi connectivity index (χ4n) is 3.21. The van der Waals surface area contributed by atoms with Gasteiger partial charge in [0, 0.05) is 34.8 Å². The maximum atomic E-state index is 12.0. The molecule has 9 heteroatoms. The molecule has 39 heavy (non-hydrogen) atoms. The third kappa shape index (κ3) is 14.0. The van der Waals surface area contributed by atoms with Crippen molar-refractivity contribution in [1.82, 2.24) is 0 Å². The van der Waals surface area contributed by atoms with E-state index in [0.29, 0.717) is 50.4 Å². The van der Waals surface area contributed by atoms with Gasteiger partial charge in [0.25, 0.3) is 0 Å².